The SMILES string of the molecule is CN(C)S(=O)(=O)N(CC(=O)N(Cc1ccc(Cl)cc1)[C@@H](Cc1ccccc1)C(=O)NC1CCCCC1)c1ccc(F)cc1. The van der Waals surface area contributed by atoms with Gasteiger partial charge in [-0.15, -0.1) is 0 Å². The summed E-state index contributed by atoms with van der Waals surface area (Å²) in [6.07, 6.45) is 5.15. The molecule has 0 bridgehead atoms. The van der Waals surface area contributed by atoms with Crippen LogP contribution in [-0.2, 0) is 32.8 Å². The zero-order valence-corrected chi connectivity index (χ0v) is 26.0. The van der Waals surface area contributed by atoms with Gasteiger partial charge in [-0.3, -0.25) is 9.59 Å². The van der Waals surface area contributed by atoms with Crippen molar-refractivity contribution in [3.05, 3.63) is 101 Å². The van der Waals surface area contributed by atoms with Crippen LogP contribution in [-0.4, -0.2) is 62.2 Å². The molecule has 1 aliphatic rings. The average Bonchev–Trinajstić information content (AvgIpc) is 3.00. The summed E-state index contributed by atoms with van der Waals surface area (Å²) >= 11 is 6.12. The van der Waals surface area contributed by atoms with Gasteiger partial charge < -0.3 is 10.2 Å². The first-order valence-electron chi connectivity index (χ1n) is 14.4. The van der Waals surface area contributed by atoms with Crippen LogP contribution in [0.25, 0.3) is 0 Å². The van der Waals surface area contributed by atoms with E-state index in [-0.39, 0.29) is 30.6 Å². The summed E-state index contributed by atoms with van der Waals surface area (Å²) in [4.78, 5) is 29.7. The molecule has 1 saturated carbocycles. The summed E-state index contributed by atoms with van der Waals surface area (Å²) in [7, 11) is -1.44. The van der Waals surface area contributed by atoms with Crippen molar-refractivity contribution in [2.75, 3.05) is 24.9 Å². The number of hydrogen-bond acceptors (Lipinski definition) is 4. The van der Waals surface area contributed by atoms with E-state index in [0.29, 0.717) is 5.02 Å². The normalized spacial score (nSPS) is 14.7. The van der Waals surface area contributed by atoms with Crippen molar-refractivity contribution < 1.29 is 22.4 Å². The van der Waals surface area contributed by atoms with Gasteiger partial charge in [0.15, 0.2) is 0 Å². The predicted octanol–water partition coefficient (Wildman–Crippen LogP) is 5.18. The van der Waals surface area contributed by atoms with Gasteiger partial charge >= 0.3 is 10.2 Å². The maximum absolute atomic E-state index is 14.3. The van der Waals surface area contributed by atoms with Crippen LogP contribution in [0.1, 0.15) is 43.2 Å². The van der Waals surface area contributed by atoms with Crippen LogP contribution in [0, 0.1) is 5.82 Å². The number of hydrogen-bond donors (Lipinski definition) is 1. The van der Waals surface area contributed by atoms with Gasteiger partial charge in [0.2, 0.25) is 11.8 Å². The van der Waals surface area contributed by atoms with Crippen LogP contribution in [0.2, 0.25) is 5.02 Å². The topological polar surface area (TPSA) is 90.0 Å². The fourth-order valence-corrected chi connectivity index (χ4v) is 6.39. The summed E-state index contributed by atoms with van der Waals surface area (Å²) in [6, 6.07) is 20.3. The molecular formula is C32H38ClFN4O4S. The van der Waals surface area contributed by atoms with E-state index in [2.05, 4.69) is 5.32 Å². The summed E-state index contributed by atoms with van der Waals surface area (Å²) < 4.78 is 42.5. The lowest BCUT2D eigenvalue weighted by molar-refractivity contribution is -0.140. The fourth-order valence-electron chi connectivity index (χ4n) is 5.21. The molecule has 8 nitrogen and oxygen atoms in total. The van der Waals surface area contributed by atoms with Crippen LogP contribution < -0.4 is 9.62 Å². The van der Waals surface area contributed by atoms with E-state index >= 15 is 0 Å². The second-order valence-corrected chi connectivity index (χ2v) is 13.5. The van der Waals surface area contributed by atoms with E-state index in [9.17, 15) is 22.4 Å². The molecule has 1 aliphatic carbocycles. The second-order valence-electron chi connectivity index (χ2n) is 11.0. The zero-order chi connectivity index (χ0) is 31.0. The summed E-state index contributed by atoms with van der Waals surface area (Å²) in [5.74, 6) is -1.41. The lowest BCUT2D eigenvalue weighted by Crippen LogP contribution is -2.55. The van der Waals surface area contributed by atoms with Gasteiger partial charge in [-0.1, -0.05) is 73.3 Å². The van der Waals surface area contributed by atoms with Gasteiger partial charge in [-0.25, -0.2) is 8.70 Å². The van der Waals surface area contributed by atoms with Crippen LogP contribution in [0.5, 0.6) is 0 Å². The van der Waals surface area contributed by atoms with E-state index in [0.717, 1.165) is 64.0 Å². The van der Waals surface area contributed by atoms with Gasteiger partial charge in [0.25, 0.3) is 0 Å². The quantitative estimate of drug-likeness (QED) is 0.299. The number of benzene rings is 3. The molecule has 0 radical (unpaired) electrons. The molecule has 43 heavy (non-hydrogen) atoms. The Labute approximate surface area is 258 Å². The third-order valence-electron chi connectivity index (χ3n) is 7.62. The third kappa shape index (κ3) is 8.78. The molecule has 0 heterocycles. The second kappa shape index (κ2) is 14.8. The van der Waals surface area contributed by atoms with Crippen molar-refractivity contribution >= 4 is 39.3 Å². The Morgan fingerprint density at radius 1 is 0.907 bits per heavy atom. The number of carbonyl (C=O) groups is 2. The standard InChI is InChI=1S/C32H38ClFN4O4S/c1-36(2)43(41,42)38(29-19-17-27(34)18-20-29)23-31(39)37(22-25-13-15-26(33)16-14-25)30(21-24-9-5-3-6-10-24)32(40)35-28-11-7-4-8-12-28/h3,5-6,9-10,13-20,28,30H,4,7-8,11-12,21-23H2,1-2H3,(H,35,40)/t30-/m0/s1. The van der Waals surface area contributed by atoms with E-state index < -0.39 is 34.5 Å². The highest BCUT2D eigenvalue weighted by molar-refractivity contribution is 7.90. The lowest BCUT2D eigenvalue weighted by atomic mass is 9.94. The monoisotopic (exact) mass is 628 g/mol. The van der Waals surface area contributed by atoms with E-state index in [1.165, 1.54) is 31.1 Å². The molecular weight excluding hydrogens is 591 g/mol. The van der Waals surface area contributed by atoms with Gasteiger partial charge in [0.05, 0.1) is 5.69 Å². The minimum Gasteiger partial charge on any atom is -0.352 e. The Kier molecular flexibility index (Phi) is 11.2. The van der Waals surface area contributed by atoms with Crippen molar-refractivity contribution in [1.29, 1.82) is 0 Å². The Bertz CT molecular complexity index is 1470. The van der Waals surface area contributed by atoms with Crippen molar-refractivity contribution in [3.63, 3.8) is 0 Å². The first kappa shape index (κ1) is 32.4. The number of nitrogens with one attached hydrogen (secondary N) is 1. The number of amides is 2. The van der Waals surface area contributed by atoms with E-state index in [1.54, 1.807) is 24.3 Å². The molecule has 3 aromatic carbocycles. The average molecular weight is 629 g/mol. The van der Waals surface area contributed by atoms with Crippen molar-refractivity contribution in [2.24, 2.45) is 0 Å². The molecule has 0 aliphatic heterocycles. The Hall–Kier alpha value is -3.47. The molecule has 1 atom stereocenters. The van der Waals surface area contributed by atoms with E-state index in [4.69, 9.17) is 11.6 Å². The molecule has 11 heteroatoms. The number of nitrogens with zero attached hydrogens (tertiary/aromatic N) is 3. The Balaban J connectivity index is 1.74. The number of halogens is 2. The molecule has 3 aromatic rings. The fraction of sp³-hybridized carbons (Fsp3) is 0.375. The number of rotatable bonds is 12. The third-order valence-corrected chi connectivity index (χ3v) is 9.69. The smallest absolute Gasteiger partial charge is 0.304 e. The highest BCUT2D eigenvalue weighted by atomic mass is 35.5. The number of anilines is 1. The minimum absolute atomic E-state index is 0.0110. The van der Waals surface area contributed by atoms with Gasteiger partial charge in [0.1, 0.15) is 18.4 Å². The first-order chi connectivity index (χ1) is 20.5. The molecule has 0 unspecified atom stereocenters. The van der Waals surface area contributed by atoms with Gasteiger partial charge in [-0.2, -0.15) is 12.7 Å². The lowest BCUT2D eigenvalue weighted by Gasteiger charge is -2.35. The minimum atomic E-state index is -4.16. The molecule has 4 rings (SSSR count). The summed E-state index contributed by atoms with van der Waals surface area (Å²) in [5.41, 5.74) is 1.71. The van der Waals surface area contributed by atoms with Crippen LogP contribution in [0.15, 0.2) is 78.9 Å². The van der Waals surface area contributed by atoms with Crippen molar-refractivity contribution in [2.45, 2.75) is 57.2 Å². The van der Waals surface area contributed by atoms with Gasteiger partial charge in [0, 0.05) is 38.1 Å². The molecule has 0 spiro atoms. The van der Waals surface area contributed by atoms with Crippen LogP contribution in [0.3, 0.4) is 0 Å². The molecule has 0 saturated heterocycles. The highest BCUT2D eigenvalue weighted by Gasteiger charge is 2.35. The van der Waals surface area contributed by atoms with Crippen LogP contribution >= 0.6 is 11.6 Å². The molecule has 2 amide bonds. The van der Waals surface area contributed by atoms with E-state index in [1.807, 2.05) is 30.3 Å². The van der Waals surface area contributed by atoms with Crippen molar-refractivity contribution in [1.82, 2.24) is 14.5 Å². The van der Waals surface area contributed by atoms with Crippen LogP contribution in [0.4, 0.5) is 10.1 Å². The zero-order valence-electron chi connectivity index (χ0n) is 24.5. The highest BCUT2D eigenvalue weighted by Crippen LogP contribution is 2.23. The summed E-state index contributed by atoms with van der Waals surface area (Å²) in [5, 5.41) is 3.70. The van der Waals surface area contributed by atoms with Crippen molar-refractivity contribution in [3.8, 4) is 0 Å². The summed E-state index contributed by atoms with van der Waals surface area (Å²) in [6.45, 7) is -0.549. The predicted molar refractivity (Wildman–Crippen MR) is 167 cm³/mol. The largest absolute Gasteiger partial charge is 0.352 e. The maximum atomic E-state index is 14.3. The number of carbonyl (C=O) groups excluding carboxylic acids is 2. The molecule has 1 fully saturated rings. The molecule has 1 N–H and O–H groups in total. The maximum Gasteiger partial charge on any atom is 0.304 e. The first-order valence-corrected chi connectivity index (χ1v) is 16.2. The Morgan fingerprint density at radius 2 is 1.53 bits per heavy atom. The molecule has 0 aromatic heterocycles. The molecule has 230 valence electrons. The Morgan fingerprint density at radius 3 is 2.14 bits per heavy atom. The van der Waals surface area contributed by atoms with Gasteiger partial charge in [-0.05, 0) is 60.4 Å².